The number of nitrogens with zero attached hydrogens (tertiary/aromatic N) is 7. The van der Waals surface area contributed by atoms with Crippen molar-refractivity contribution in [3.05, 3.63) is 58.4 Å². The summed E-state index contributed by atoms with van der Waals surface area (Å²) in [6.07, 6.45) is 8.25. The van der Waals surface area contributed by atoms with Gasteiger partial charge in [0.1, 0.15) is 17.0 Å². The molecule has 1 aliphatic carbocycles. The molecule has 0 unspecified atom stereocenters. The molecule has 1 aromatic carbocycles. The van der Waals surface area contributed by atoms with Gasteiger partial charge in [-0.25, -0.2) is 24.9 Å². The predicted octanol–water partition coefficient (Wildman–Crippen LogP) is 5.79. The van der Waals surface area contributed by atoms with Crippen molar-refractivity contribution < 1.29 is 4.74 Å². The van der Waals surface area contributed by atoms with Crippen molar-refractivity contribution in [2.24, 2.45) is 0 Å². The van der Waals surface area contributed by atoms with Crippen molar-refractivity contribution in [2.45, 2.75) is 64.5 Å². The van der Waals surface area contributed by atoms with Crippen molar-refractivity contribution >= 4 is 32.7 Å². The first kappa shape index (κ1) is 21.9. The molecule has 0 amide bonds. The summed E-state index contributed by atoms with van der Waals surface area (Å²) in [5.41, 5.74) is 7.11. The van der Waals surface area contributed by atoms with Crippen LogP contribution in [0.5, 0.6) is 0 Å². The number of aryl methyl sites for hydroxylation is 3. The molecule has 182 valence electrons. The summed E-state index contributed by atoms with van der Waals surface area (Å²) in [6, 6.07) is 6.91. The van der Waals surface area contributed by atoms with Gasteiger partial charge in [-0.1, -0.05) is 6.07 Å². The van der Waals surface area contributed by atoms with E-state index >= 15 is 0 Å². The number of rotatable bonds is 4. The van der Waals surface area contributed by atoms with Crippen LogP contribution in [-0.2, 0) is 4.74 Å². The molecule has 36 heavy (non-hydrogen) atoms. The van der Waals surface area contributed by atoms with Crippen LogP contribution in [0, 0.1) is 20.8 Å². The molecule has 5 heterocycles. The van der Waals surface area contributed by atoms with E-state index in [9.17, 15) is 0 Å². The SMILES string of the molecule is Cc1nc2cc(-c3nc([C@H]4CCO[C@@H](c5cnn(C6CC6)c5)C4)nc4nc(C)c(C)nc34)ccc2s1. The van der Waals surface area contributed by atoms with Gasteiger partial charge in [-0.05, 0) is 58.6 Å². The number of benzene rings is 1. The molecular weight excluding hydrogens is 470 g/mol. The molecule has 2 fully saturated rings. The summed E-state index contributed by atoms with van der Waals surface area (Å²) in [6.45, 7) is 6.67. The Bertz CT molecular complexity index is 1620. The largest absolute Gasteiger partial charge is 0.373 e. The van der Waals surface area contributed by atoms with E-state index in [1.807, 2.05) is 27.0 Å². The zero-order valence-electron chi connectivity index (χ0n) is 20.6. The third-order valence-corrected chi connectivity index (χ3v) is 8.24. The van der Waals surface area contributed by atoms with Gasteiger partial charge in [0.05, 0.1) is 45.0 Å². The molecule has 8 nitrogen and oxygen atoms in total. The van der Waals surface area contributed by atoms with E-state index in [1.54, 1.807) is 11.3 Å². The average molecular weight is 498 g/mol. The van der Waals surface area contributed by atoms with Crippen LogP contribution >= 0.6 is 11.3 Å². The summed E-state index contributed by atoms with van der Waals surface area (Å²) >= 11 is 1.70. The third kappa shape index (κ3) is 3.87. The first-order valence-electron chi connectivity index (χ1n) is 12.6. The number of fused-ring (bicyclic) bond motifs is 2. The summed E-state index contributed by atoms with van der Waals surface area (Å²) < 4.78 is 9.43. The lowest BCUT2D eigenvalue weighted by atomic mass is 9.92. The number of hydrogen-bond donors (Lipinski definition) is 0. The fourth-order valence-electron chi connectivity index (χ4n) is 5.02. The van der Waals surface area contributed by atoms with E-state index in [0.717, 1.165) is 62.9 Å². The van der Waals surface area contributed by atoms with E-state index in [2.05, 4.69) is 34.2 Å². The summed E-state index contributed by atoms with van der Waals surface area (Å²) in [5.74, 6) is 0.984. The van der Waals surface area contributed by atoms with Crippen LogP contribution in [0.4, 0.5) is 0 Å². The van der Waals surface area contributed by atoms with Crippen LogP contribution in [0.3, 0.4) is 0 Å². The number of hydrogen-bond acceptors (Lipinski definition) is 8. The molecule has 0 bridgehead atoms. The standard InChI is InChI=1S/C27H27N7OS/c1-14-15(2)30-27-25(29-14)24(17-4-7-23-21(10-17)31-16(3)36-23)32-26(33-27)18-8-9-35-22(11-18)19-12-28-34(13-19)20-5-6-20/h4,7,10,12-13,18,20,22H,5-6,8-9,11H2,1-3H3/t18-,22+/m0/s1. The molecule has 2 aliphatic rings. The molecule has 5 aromatic rings. The highest BCUT2D eigenvalue weighted by Gasteiger charge is 2.31. The second-order valence-corrected chi connectivity index (χ2v) is 11.2. The van der Waals surface area contributed by atoms with Crippen molar-refractivity contribution in [1.82, 2.24) is 34.7 Å². The Labute approximate surface area is 212 Å². The molecule has 1 saturated carbocycles. The van der Waals surface area contributed by atoms with E-state index in [4.69, 9.17) is 29.7 Å². The summed E-state index contributed by atoms with van der Waals surface area (Å²) in [5, 5.41) is 5.63. The Morgan fingerprint density at radius 2 is 1.83 bits per heavy atom. The quantitative estimate of drug-likeness (QED) is 0.310. The van der Waals surface area contributed by atoms with Crippen LogP contribution in [0.1, 0.15) is 71.5 Å². The van der Waals surface area contributed by atoms with Gasteiger partial charge in [0, 0.05) is 29.8 Å². The minimum atomic E-state index is -0.000772. The van der Waals surface area contributed by atoms with Gasteiger partial charge >= 0.3 is 0 Å². The number of thiazole rings is 1. The highest BCUT2D eigenvalue weighted by molar-refractivity contribution is 7.18. The maximum absolute atomic E-state index is 6.17. The molecular formula is C27H27N7OS. The van der Waals surface area contributed by atoms with Gasteiger partial charge in [-0.2, -0.15) is 5.10 Å². The Morgan fingerprint density at radius 1 is 0.972 bits per heavy atom. The van der Waals surface area contributed by atoms with Gasteiger partial charge in [-0.3, -0.25) is 4.68 Å². The smallest absolute Gasteiger partial charge is 0.182 e. The molecule has 0 radical (unpaired) electrons. The second-order valence-electron chi connectivity index (χ2n) is 9.98. The fraction of sp³-hybridized carbons (Fsp3) is 0.407. The van der Waals surface area contributed by atoms with Gasteiger partial charge in [0.25, 0.3) is 0 Å². The molecule has 1 saturated heterocycles. The third-order valence-electron chi connectivity index (χ3n) is 7.29. The minimum absolute atomic E-state index is 0.000772. The maximum atomic E-state index is 6.17. The molecule has 1 aliphatic heterocycles. The van der Waals surface area contributed by atoms with Gasteiger partial charge in [-0.15, -0.1) is 11.3 Å². The van der Waals surface area contributed by atoms with Crippen LogP contribution in [0.25, 0.3) is 32.6 Å². The maximum Gasteiger partial charge on any atom is 0.182 e. The number of aromatic nitrogens is 7. The van der Waals surface area contributed by atoms with Crippen LogP contribution in [-0.4, -0.2) is 41.3 Å². The van der Waals surface area contributed by atoms with Gasteiger partial charge < -0.3 is 4.74 Å². The number of ether oxygens (including phenoxy) is 1. The average Bonchev–Trinajstić information content (AvgIpc) is 3.48. The predicted molar refractivity (Wildman–Crippen MR) is 139 cm³/mol. The van der Waals surface area contributed by atoms with E-state index in [0.29, 0.717) is 18.3 Å². The van der Waals surface area contributed by atoms with Crippen LogP contribution in [0.15, 0.2) is 30.6 Å². The minimum Gasteiger partial charge on any atom is -0.373 e. The second kappa shape index (κ2) is 8.38. The van der Waals surface area contributed by atoms with Crippen molar-refractivity contribution in [3.63, 3.8) is 0 Å². The van der Waals surface area contributed by atoms with Gasteiger partial charge in [0.2, 0.25) is 0 Å². The lowest BCUT2D eigenvalue weighted by Gasteiger charge is -2.28. The Kier molecular flexibility index (Phi) is 5.11. The normalized spacial score (nSPS) is 20.4. The lowest BCUT2D eigenvalue weighted by Crippen LogP contribution is -2.20. The zero-order valence-corrected chi connectivity index (χ0v) is 21.4. The molecule has 9 heteroatoms. The zero-order chi connectivity index (χ0) is 24.4. The van der Waals surface area contributed by atoms with Crippen molar-refractivity contribution in [3.8, 4) is 11.3 Å². The molecule has 2 atom stereocenters. The topological polar surface area (TPSA) is 91.5 Å². The summed E-state index contributed by atoms with van der Waals surface area (Å²) in [4.78, 5) is 24.5. The highest BCUT2D eigenvalue weighted by atomic mass is 32.1. The fourth-order valence-corrected chi connectivity index (χ4v) is 5.83. The Balaban J connectivity index is 1.30. The van der Waals surface area contributed by atoms with Crippen molar-refractivity contribution in [2.75, 3.05) is 6.61 Å². The van der Waals surface area contributed by atoms with Crippen LogP contribution in [0.2, 0.25) is 0 Å². The van der Waals surface area contributed by atoms with Crippen LogP contribution < -0.4 is 0 Å². The van der Waals surface area contributed by atoms with Gasteiger partial charge in [0.15, 0.2) is 5.65 Å². The lowest BCUT2D eigenvalue weighted by molar-refractivity contribution is 0.00396. The molecule has 0 N–H and O–H groups in total. The Hall–Kier alpha value is -3.30. The highest BCUT2D eigenvalue weighted by Crippen LogP contribution is 2.40. The first-order valence-corrected chi connectivity index (χ1v) is 13.4. The molecule has 7 rings (SSSR count). The summed E-state index contributed by atoms with van der Waals surface area (Å²) in [7, 11) is 0. The van der Waals surface area contributed by atoms with Crippen molar-refractivity contribution in [1.29, 1.82) is 0 Å². The van der Waals surface area contributed by atoms with E-state index in [1.165, 1.54) is 17.5 Å². The van der Waals surface area contributed by atoms with E-state index < -0.39 is 0 Å². The Morgan fingerprint density at radius 3 is 2.69 bits per heavy atom. The first-order chi connectivity index (χ1) is 17.5. The molecule has 0 spiro atoms. The monoisotopic (exact) mass is 497 g/mol. The van der Waals surface area contributed by atoms with E-state index in [-0.39, 0.29) is 12.0 Å². The molecule has 4 aromatic heterocycles.